The van der Waals surface area contributed by atoms with Gasteiger partial charge in [-0.3, -0.25) is 9.36 Å². The number of nitrogens with zero attached hydrogens (tertiary/aromatic N) is 2. The summed E-state index contributed by atoms with van der Waals surface area (Å²) in [5.74, 6) is 0.914. The Bertz CT molecular complexity index is 861. The molecule has 4 nitrogen and oxygen atoms in total. The Morgan fingerprint density at radius 3 is 2.70 bits per heavy atom. The lowest BCUT2D eigenvalue weighted by Crippen LogP contribution is -2.20. The summed E-state index contributed by atoms with van der Waals surface area (Å²) in [5, 5.41) is 0.671. The number of unbranched alkanes of at least 4 members (excludes halogenated alkanes) is 1. The lowest BCUT2D eigenvalue weighted by Gasteiger charge is -2.09. The van der Waals surface area contributed by atoms with Gasteiger partial charge in [0, 0.05) is 6.54 Å². The standard InChI is InChI=1S/C18H17IN2O2/c19-15-8-2-4-10-17(15)23-12-6-5-11-21-13-20-16-9-3-1-7-14(16)18(21)22/h1-4,7-10,13H,5-6,11-12H2. The van der Waals surface area contributed by atoms with Gasteiger partial charge in [-0.15, -0.1) is 0 Å². The van der Waals surface area contributed by atoms with Crippen molar-refractivity contribution in [3.63, 3.8) is 0 Å². The number of halogens is 1. The number of aromatic nitrogens is 2. The Morgan fingerprint density at radius 2 is 1.83 bits per heavy atom. The van der Waals surface area contributed by atoms with Crippen molar-refractivity contribution < 1.29 is 4.74 Å². The average Bonchev–Trinajstić information content (AvgIpc) is 2.58. The van der Waals surface area contributed by atoms with E-state index < -0.39 is 0 Å². The normalized spacial score (nSPS) is 10.8. The van der Waals surface area contributed by atoms with Gasteiger partial charge < -0.3 is 4.74 Å². The second-order valence-corrected chi connectivity index (χ2v) is 6.41. The van der Waals surface area contributed by atoms with Crippen molar-refractivity contribution >= 4 is 33.5 Å². The topological polar surface area (TPSA) is 44.1 Å². The van der Waals surface area contributed by atoms with Gasteiger partial charge in [0.25, 0.3) is 5.56 Å². The summed E-state index contributed by atoms with van der Waals surface area (Å²) in [6, 6.07) is 15.4. The maximum atomic E-state index is 12.3. The van der Waals surface area contributed by atoms with E-state index in [0.717, 1.165) is 27.7 Å². The van der Waals surface area contributed by atoms with Gasteiger partial charge in [0.2, 0.25) is 0 Å². The Hall–Kier alpha value is -1.89. The maximum absolute atomic E-state index is 12.3. The molecule has 0 radical (unpaired) electrons. The molecule has 0 bridgehead atoms. The van der Waals surface area contributed by atoms with Crippen molar-refractivity contribution in [1.29, 1.82) is 0 Å². The van der Waals surface area contributed by atoms with Crippen molar-refractivity contribution in [1.82, 2.24) is 9.55 Å². The minimum atomic E-state index is 0.0223. The van der Waals surface area contributed by atoms with E-state index in [9.17, 15) is 4.79 Å². The summed E-state index contributed by atoms with van der Waals surface area (Å²) in [5.41, 5.74) is 0.768. The summed E-state index contributed by atoms with van der Waals surface area (Å²) in [7, 11) is 0. The number of fused-ring (bicyclic) bond motifs is 1. The summed E-state index contributed by atoms with van der Waals surface area (Å²) < 4.78 is 8.55. The first-order valence-electron chi connectivity index (χ1n) is 7.57. The van der Waals surface area contributed by atoms with Crippen molar-refractivity contribution in [2.24, 2.45) is 0 Å². The number of benzene rings is 2. The third-order valence-electron chi connectivity index (χ3n) is 3.62. The monoisotopic (exact) mass is 420 g/mol. The first-order valence-corrected chi connectivity index (χ1v) is 8.65. The first-order chi connectivity index (χ1) is 11.3. The molecule has 0 fully saturated rings. The van der Waals surface area contributed by atoms with E-state index >= 15 is 0 Å². The SMILES string of the molecule is O=c1c2ccccc2ncn1CCCCOc1ccccc1I. The predicted octanol–water partition coefficient (Wildman–Crippen LogP) is 3.86. The van der Waals surface area contributed by atoms with Crippen LogP contribution in [0.5, 0.6) is 5.75 Å². The smallest absolute Gasteiger partial charge is 0.261 e. The molecule has 118 valence electrons. The lowest BCUT2D eigenvalue weighted by atomic mass is 10.2. The molecule has 0 spiro atoms. The van der Waals surface area contributed by atoms with E-state index in [4.69, 9.17) is 4.74 Å². The molecule has 0 aliphatic carbocycles. The number of hydrogen-bond acceptors (Lipinski definition) is 3. The average molecular weight is 420 g/mol. The van der Waals surface area contributed by atoms with Crippen molar-refractivity contribution in [3.8, 4) is 5.75 Å². The van der Waals surface area contributed by atoms with Crippen LogP contribution in [0.1, 0.15) is 12.8 Å². The van der Waals surface area contributed by atoms with Crippen molar-refractivity contribution in [2.75, 3.05) is 6.61 Å². The molecule has 3 aromatic rings. The molecule has 1 heterocycles. The minimum Gasteiger partial charge on any atom is -0.492 e. The van der Waals surface area contributed by atoms with Crippen LogP contribution in [0.2, 0.25) is 0 Å². The van der Waals surface area contributed by atoms with Crippen LogP contribution in [0, 0.1) is 3.57 Å². The zero-order valence-corrected chi connectivity index (χ0v) is 14.8. The zero-order valence-electron chi connectivity index (χ0n) is 12.6. The molecule has 2 aromatic carbocycles. The van der Waals surface area contributed by atoms with Gasteiger partial charge in [-0.05, 0) is 59.7 Å². The second-order valence-electron chi connectivity index (χ2n) is 5.25. The first kappa shape index (κ1) is 16.0. The summed E-state index contributed by atoms with van der Waals surface area (Å²) in [6.07, 6.45) is 3.40. The van der Waals surface area contributed by atoms with Gasteiger partial charge in [0.05, 0.1) is 27.4 Å². The van der Waals surface area contributed by atoms with Gasteiger partial charge in [-0.1, -0.05) is 24.3 Å². The molecular formula is C18H17IN2O2. The van der Waals surface area contributed by atoms with E-state index in [2.05, 4.69) is 27.6 Å². The quantitative estimate of drug-likeness (QED) is 0.450. The third kappa shape index (κ3) is 3.90. The molecule has 5 heteroatoms. The number of rotatable bonds is 6. The van der Waals surface area contributed by atoms with E-state index in [1.54, 1.807) is 10.9 Å². The van der Waals surface area contributed by atoms with Gasteiger partial charge in [0.1, 0.15) is 5.75 Å². The molecule has 0 unspecified atom stereocenters. The molecule has 0 aliphatic rings. The van der Waals surface area contributed by atoms with E-state index in [-0.39, 0.29) is 5.56 Å². The Kier molecular flexibility index (Phi) is 5.27. The van der Waals surface area contributed by atoms with E-state index in [1.807, 2.05) is 48.5 Å². The van der Waals surface area contributed by atoms with Crippen LogP contribution in [0.15, 0.2) is 59.7 Å². The second kappa shape index (κ2) is 7.59. The highest BCUT2D eigenvalue weighted by Gasteiger charge is 2.03. The van der Waals surface area contributed by atoms with E-state index in [1.165, 1.54) is 0 Å². The summed E-state index contributed by atoms with van der Waals surface area (Å²) in [4.78, 5) is 16.7. The fourth-order valence-corrected chi connectivity index (χ4v) is 2.94. The number of aryl methyl sites for hydroxylation is 1. The fraction of sp³-hybridized carbons (Fsp3) is 0.222. The van der Waals surface area contributed by atoms with Crippen molar-refractivity contribution in [2.45, 2.75) is 19.4 Å². The van der Waals surface area contributed by atoms with Crippen LogP contribution < -0.4 is 10.3 Å². The highest BCUT2D eigenvalue weighted by molar-refractivity contribution is 14.1. The number of para-hydroxylation sites is 2. The van der Waals surface area contributed by atoms with Gasteiger partial charge in [-0.25, -0.2) is 4.98 Å². The minimum absolute atomic E-state index is 0.0223. The summed E-state index contributed by atoms with van der Waals surface area (Å²) in [6.45, 7) is 1.31. The van der Waals surface area contributed by atoms with Crippen LogP contribution >= 0.6 is 22.6 Å². The fourth-order valence-electron chi connectivity index (χ4n) is 2.39. The Balaban J connectivity index is 1.54. The third-order valence-corrected chi connectivity index (χ3v) is 4.51. The Morgan fingerprint density at radius 1 is 1.04 bits per heavy atom. The molecule has 0 amide bonds. The van der Waals surface area contributed by atoms with Gasteiger partial charge in [-0.2, -0.15) is 0 Å². The highest BCUT2D eigenvalue weighted by Crippen LogP contribution is 2.19. The molecular weight excluding hydrogens is 403 g/mol. The number of hydrogen-bond donors (Lipinski definition) is 0. The van der Waals surface area contributed by atoms with Crippen molar-refractivity contribution in [3.05, 3.63) is 68.8 Å². The molecule has 0 atom stereocenters. The molecule has 0 N–H and O–H groups in total. The lowest BCUT2D eigenvalue weighted by molar-refractivity contribution is 0.301. The predicted molar refractivity (Wildman–Crippen MR) is 99.9 cm³/mol. The van der Waals surface area contributed by atoms with Crippen LogP contribution in [0.3, 0.4) is 0 Å². The van der Waals surface area contributed by atoms with Gasteiger partial charge >= 0.3 is 0 Å². The largest absolute Gasteiger partial charge is 0.492 e. The van der Waals surface area contributed by atoms with Gasteiger partial charge in [0.15, 0.2) is 0 Å². The molecule has 3 rings (SSSR count). The Labute approximate surface area is 148 Å². The molecule has 23 heavy (non-hydrogen) atoms. The zero-order chi connectivity index (χ0) is 16.1. The molecule has 0 saturated carbocycles. The van der Waals surface area contributed by atoms with Crippen LogP contribution in [-0.2, 0) is 6.54 Å². The van der Waals surface area contributed by atoms with Crippen LogP contribution in [0.25, 0.3) is 10.9 Å². The summed E-state index contributed by atoms with van der Waals surface area (Å²) >= 11 is 2.26. The molecule has 0 saturated heterocycles. The highest BCUT2D eigenvalue weighted by atomic mass is 127. The van der Waals surface area contributed by atoms with Crippen LogP contribution in [0.4, 0.5) is 0 Å². The maximum Gasteiger partial charge on any atom is 0.261 e. The van der Waals surface area contributed by atoms with E-state index in [0.29, 0.717) is 18.5 Å². The molecule has 1 aromatic heterocycles. The number of ether oxygens (including phenoxy) is 1. The van der Waals surface area contributed by atoms with Crippen LogP contribution in [-0.4, -0.2) is 16.2 Å². The molecule has 0 aliphatic heterocycles.